The molecule has 2 atom stereocenters. The van der Waals surface area contributed by atoms with Crippen molar-refractivity contribution in [1.82, 2.24) is 20.4 Å². The summed E-state index contributed by atoms with van der Waals surface area (Å²) in [4.78, 5) is 23.9. The molecule has 0 saturated carbocycles. The van der Waals surface area contributed by atoms with E-state index >= 15 is 0 Å². The van der Waals surface area contributed by atoms with Crippen LogP contribution in [-0.4, -0.2) is 112 Å². The molecule has 0 amide bonds. The predicted molar refractivity (Wildman–Crippen MR) is 163 cm³/mol. The second-order valence-electron chi connectivity index (χ2n) is 9.81. The fourth-order valence-electron chi connectivity index (χ4n) is 4.63. The van der Waals surface area contributed by atoms with Crippen LogP contribution in [-0.2, 0) is 9.59 Å². The maximum absolute atomic E-state index is 9.55. The maximum atomic E-state index is 9.55. The zero-order chi connectivity index (χ0) is 30.7. The number of nitrogens with one attached hydrogen (secondary N) is 2. The SMILES string of the molecule is COc1ccccc1C(N)CN1CCNCC1.COc1ccccc1C(N)CN1CCNCC1.O=C(O)C=CC(=O)O. The van der Waals surface area contributed by atoms with Gasteiger partial charge in [-0.3, -0.25) is 9.80 Å². The summed E-state index contributed by atoms with van der Waals surface area (Å²) < 4.78 is 10.7. The van der Waals surface area contributed by atoms with Gasteiger partial charge in [0.25, 0.3) is 0 Å². The Morgan fingerprint density at radius 1 is 0.738 bits per heavy atom. The van der Waals surface area contributed by atoms with Gasteiger partial charge in [0, 0.05) is 101 Å². The number of nitrogens with two attached hydrogens (primary N) is 2. The first-order valence-corrected chi connectivity index (χ1v) is 14.0. The molecule has 42 heavy (non-hydrogen) atoms. The molecule has 12 heteroatoms. The number of aliphatic carboxylic acids is 2. The van der Waals surface area contributed by atoms with Crippen molar-refractivity contribution in [2.75, 3.05) is 79.7 Å². The van der Waals surface area contributed by atoms with E-state index in [1.807, 2.05) is 48.5 Å². The van der Waals surface area contributed by atoms with Crippen LogP contribution in [0.5, 0.6) is 11.5 Å². The third-order valence-corrected chi connectivity index (χ3v) is 6.77. The lowest BCUT2D eigenvalue weighted by Crippen LogP contribution is -2.46. The monoisotopic (exact) mass is 586 g/mol. The summed E-state index contributed by atoms with van der Waals surface area (Å²) in [6, 6.07) is 16.0. The highest BCUT2D eigenvalue weighted by Gasteiger charge is 2.18. The number of ether oxygens (including phenoxy) is 2. The van der Waals surface area contributed by atoms with Crippen LogP contribution in [0, 0.1) is 0 Å². The third kappa shape index (κ3) is 13.0. The Labute approximate surface area is 248 Å². The van der Waals surface area contributed by atoms with Crippen molar-refractivity contribution < 1.29 is 29.3 Å². The van der Waals surface area contributed by atoms with Crippen LogP contribution in [0.4, 0.5) is 0 Å². The molecule has 2 aliphatic heterocycles. The predicted octanol–water partition coefficient (Wildman–Crippen LogP) is 0.912. The number of carbonyl (C=O) groups is 2. The number of carboxylic acids is 2. The molecule has 232 valence electrons. The van der Waals surface area contributed by atoms with E-state index in [-0.39, 0.29) is 12.1 Å². The molecule has 2 aromatic rings. The van der Waals surface area contributed by atoms with Crippen LogP contribution in [0.25, 0.3) is 0 Å². The van der Waals surface area contributed by atoms with E-state index in [0.717, 1.165) is 88.1 Å². The lowest BCUT2D eigenvalue weighted by molar-refractivity contribution is -0.134. The Balaban J connectivity index is 0.000000236. The van der Waals surface area contributed by atoms with E-state index in [2.05, 4.69) is 20.4 Å². The topological polar surface area (TPSA) is 176 Å². The van der Waals surface area contributed by atoms with Crippen molar-refractivity contribution in [2.45, 2.75) is 12.1 Å². The molecule has 2 aliphatic rings. The lowest BCUT2D eigenvalue weighted by atomic mass is 10.1. The number of hydrogen-bond donors (Lipinski definition) is 6. The Kier molecular flexibility index (Phi) is 16.2. The van der Waals surface area contributed by atoms with Crippen molar-refractivity contribution >= 4 is 11.9 Å². The number of methoxy groups -OCH3 is 2. The Bertz CT molecular complexity index is 1020. The first kappa shape index (κ1) is 34.7. The highest BCUT2D eigenvalue weighted by molar-refractivity contribution is 5.89. The highest BCUT2D eigenvalue weighted by atomic mass is 16.5. The average molecular weight is 587 g/mol. The lowest BCUT2D eigenvalue weighted by Gasteiger charge is -2.30. The number of rotatable bonds is 10. The molecular formula is C30H46N6O6. The molecule has 12 nitrogen and oxygen atoms in total. The molecule has 0 spiro atoms. The largest absolute Gasteiger partial charge is 0.496 e. The zero-order valence-corrected chi connectivity index (χ0v) is 24.6. The molecule has 2 heterocycles. The van der Waals surface area contributed by atoms with E-state index in [9.17, 15) is 9.59 Å². The average Bonchev–Trinajstić information content (AvgIpc) is 3.01. The first-order chi connectivity index (χ1) is 20.2. The van der Waals surface area contributed by atoms with Gasteiger partial charge >= 0.3 is 11.9 Å². The molecule has 2 unspecified atom stereocenters. The molecule has 8 N–H and O–H groups in total. The summed E-state index contributed by atoms with van der Waals surface area (Å²) in [6.45, 7) is 10.3. The van der Waals surface area contributed by atoms with E-state index in [1.54, 1.807) is 14.2 Å². The van der Waals surface area contributed by atoms with Crippen molar-refractivity contribution in [3.63, 3.8) is 0 Å². The molecule has 2 fully saturated rings. The third-order valence-electron chi connectivity index (χ3n) is 6.77. The number of nitrogens with zero attached hydrogens (tertiary/aromatic N) is 2. The van der Waals surface area contributed by atoms with Gasteiger partial charge in [0.1, 0.15) is 11.5 Å². The minimum Gasteiger partial charge on any atom is -0.496 e. The number of benzene rings is 2. The molecule has 0 radical (unpaired) electrons. The van der Waals surface area contributed by atoms with Gasteiger partial charge in [-0.1, -0.05) is 36.4 Å². The van der Waals surface area contributed by atoms with Gasteiger partial charge in [0.15, 0.2) is 0 Å². The zero-order valence-electron chi connectivity index (χ0n) is 24.6. The minimum atomic E-state index is -1.26. The second kappa shape index (κ2) is 19.6. The van der Waals surface area contributed by atoms with Crippen LogP contribution in [0.3, 0.4) is 0 Å². The standard InChI is InChI=1S/2C13H21N3O.C4H4O4/c2*1-17-13-5-3-2-4-11(13)12(14)10-16-8-6-15-7-9-16;5-3(6)1-2-4(7)8/h2*2-5,12,15H,6-10,14H2,1H3;1-2H,(H,5,6)(H,7,8). The number of hydrogen-bond acceptors (Lipinski definition) is 10. The fourth-order valence-corrected chi connectivity index (χ4v) is 4.63. The molecular weight excluding hydrogens is 540 g/mol. The van der Waals surface area contributed by atoms with E-state index < -0.39 is 11.9 Å². The number of piperazine rings is 2. The van der Waals surface area contributed by atoms with E-state index in [4.69, 9.17) is 31.2 Å². The summed E-state index contributed by atoms with van der Waals surface area (Å²) >= 11 is 0. The van der Waals surface area contributed by atoms with Crippen molar-refractivity contribution in [3.8, 4) is 11.5 Å². The Morgan fingerprint density at radius 3 is 1.38 bits per heavy atom. The molecule has 0 aliphatic carbocycles. The van der Waals surface area contributed by atoms with E-state index in [1.165, 1.54) is 0 Å². The number of carboxylic acid groups (broad SMARTS) is 2. The molecule has 0 aromatic heterocycles. The van der Waals surface area contributed by atoms with Gasteiger partial charge < -0.3 is 41.8 Å². The van der Waals surface area contributed by atoms with Crippen molar-refractivity contribution in [1.29, 1.82) is 0 Å². The van der Waals surface area contributed by atoms with Crippen LogP contribution in [0.2, 0.25) is 0 Å². The van der Waals surface area contributed by atoms with Crippen molar-refractivity contribution in [3.05, 3.63) is 71.8 Å². The summed E-state index contributed by atoms with van der Waals surface area (Å²) in [5.41, 5.74) is 14.7. The van der Waals surface area contributed by atoms with Gasteiger partial charge in [0.2, 0.25) is 0 Å². The van der Waals surface area contributed by atoms with Crippen LogP contribution >= 0.6 is 0 Å². The summed E-state index contributed by atoms with van der Waals surface area (Å²) in [5, 5.41) is 22.3. The Hall–Kier alpha value is -3.52. The normalized spacial score (nSPS) is 17.1. The van der Waals surface area contributed by atoms with Crippen LogP contribution < -0.4 is 31.6 Å². The Morgan fingerprint density at radius 2 is 1.07 bits per heavy atom. The van der Waals surface area contributed by atoms with Gasteiger partial charge in [-0.15, -0.1) is 0 Å². The van der Waals surface area contributed by atoms with Gasteiger partial charge in [-0.2, -0.15) is 0 Å². The maximum Gasteiger partial charge on any atom is 0.328 e. The fraction of sp³-hybridized carbons (Fsp3) is 0.467. The molecule has 2 aromatic carbocycles. The van der Waals surface area contributed by atoms with Crippen LogP contribution in [0.1, 0.15) is 23.2 Å². The highest BCUT2D eigenvalue weighted by Crippen LogP contribution is 2.24. The summed E-state index contributed by atoms with van der Waals surface area (Å²) in [5.74, 6) is -0.745. The summed E-state index contributed by atoms with van der Waals surface area (Å²) in [7, 11) is 3.38. The first-order valence-electron chi connectivity index (χ1n) is 14.0. The molecule has 4 rings (SSSR count). The summed E-state index contributed by atoms with van der Waals surface area (Å²) in [6.07, 6.45) is 1.12. The van der Waals surface area contributed by atoms with Gasteiger partial charge in [-0.05, 0) is 12.1 Å². The quantitative estimate of drug-likeness (QED) is 0.217. The smallest absolute Gasteiger partial charge is 0.328 e. The molecule has 0 bridgehead atoms. The van der Waals surface area contributed by atoms with Gasteiger partial charge in [0.05, 0.1) is 14.2 Å². The second-order valence-corrected chi connectivity index (χ2v) is 9.81. The number of para-hydroxylation sites is 2. The molecule has 2 saturated heterocycles. The minimum absolute atomic E-state index is 0.0178. The van der Waals surface area contributed by atoms with Gasteiger partial charge in [-0.25, -0.2) is 9.59 Å². The van der Waals surface area contributed by atoms with E-state index in [0.29, 0.717) is 12.2 Å². The van der Waals surface area contributed by atoms with Crippen LogP contribution in [0.15, 0.2) is 60.7 Å². The van der Waals surface area contributed by atoms with Crippen molar-refractivity contribution in [2.24, 2.45) is 11.5 Å².